The van der Waals surface area contributed by atoms with Crippen molar-refractivity contribution in [1.82, 2.24) is 15.5 Å². The van der Waals surface area contributed by atoms with E-state index < -0.39 is 5.60 Å². The minimum atomic E-state index is -0.459. The molecule has 0 aromatic carbocycles. The Kier molecular flexibility index (Phi) is 10.1. The third-order valence-electron chi connectivity index (χ3n) is 1.91. The summed E-state index contributed by atoms with van der Waals surface area (Å²) in [6, 6.07) is 0. The van der Waals surface area contributed by atoms with Gasteiger partial charge in [0, 0.05) is 34.2 Å². The summed E-state index contributed by atoms with van der Waals surface area (Å²) >= 11 is 0. The average molecular weight is 372 g/mol. The molecule has 6 nitrogen and oxygen atoms in total. The summed E-state index contributed by atoms with van der Waals surface area (Å²) in [5.74, 6) is 0.697. The van der Waals surface area contributed by atoms with Gasteiger partial charge in [-0.1, -0.05) is 0 Å². The monoisotopic (exact) mass is 372 g/mol. The quantitative estimate of drug-likeness (QED) is 0.445. The number of ether oxygens (including phenoxy) is 1. The van der Waals surface area contributed by atoms with Crippen LogP contribution in [-0.2, 0) is 4.74 Å². The van der Waals surface area contributed by atoms with E-state index in [1.54, 1.807) is 21.1 Å². The van der Waals surface area contributed by atoms with Crippen LogP contribution in [0.1, 0.15) is 20.8 Å². The summed E-state index contributed by atoms with van der Waals surface area (Å²) < 4.78 is 5.22. The Balaban J connectivity index is 0. The molecule has 7 heteroatoms. The zero-order valence-electron chi connectivity index (χ0n) is 12.0. The number of likely N-dealkylation sites (N-methyl/N-ethyl adjacent to an activating group) is 1. The largest absolute Gasteiger partial charge is 0.444 e. The third kappa shape index (κ3) is 9.32. The lowest BCUT2D eigenvalue weighted by molar-refractivity contribution is 0.0302. The first-order chi connectivity index (χ1) is 7.80. The molecule has 0 heterocycles. The normalized spacial score (nSPS) is 11.3. The summed E-state index contributed by atoms with van der Waals surface area (Å²) in [5, 5.41) is 5.95. The van der Waals surface area contributed by atoms with E-state index in [0.29, 0.717) is 19.0 Å². The van der Waals surface area contributed by atoms with E-state index in [9.17, 15) is 4.79 Å². The maximum Gasteiger partial charge on any atom is 0.410 e. The predicted octanol–water partition coefficient (Wildman–Crippen LogP) is 1.27. The van der Waals surface area contributed by atoms with Crippen LogP contribution in [0, 0.1) is 0 Å². The molecule has 0 atom stereocenters. The predicted molar refractivity (Wildman–Crippen MR) is 84.7 cm³/mol. The van der Waals surface area contributed by atoms with Crippen molar-refractivity contribution in [2.24, 2.45) is 4.99 Å². The van der Waals surface area contributed by atoms with E-state index in [1.165, 1.54) is 4.90 Å². The average Bonchev–Trinajstić information content (AvgIpc) is 2.21. The molecule has 0 aliphatic heterocycles. The van der Waals surface area contributed by atoms with Gasteiger partial charge >= 0.3 is 6.09 Å². The summed E-state index contributed by atoms with van der Waals surface area (Å²) in [6.07, 6.45) is -0.321. The maximum absolute atomic E-state index is 11.6. The van der Waals surface area contributed by atoms with Gasteiger partial charge < -0.3 is 20.3 Å². The molecule has 2 N–H and O–H groups in total. The standard InChI is InChI=1S/C11H24N4O2.HI/c1-11(2,3)17-10(16)15(6)8-7-14-9(12-4)13-5;/h7-8H2,1-6H3,(H2,12,13,14);1H. The number of aliphatic imine (C=N–C) groups is 1. The zero-order valence-corrected chi connectivity index (χ0v) is 14.4. The van der Waals surface area contributed by atoms with Gasteiger partial charge in [-0.05, 0) is 20.8 Å². The summed E-state index contributed by atoms with van der Waals surface area (Å²) in [4.78, 5) is 17.1. The Bertz CT molecular complexity index is 277. The third-order valence-corrected chi connectivity index (χ3v) is 1.91. The highest BCUT2D eigenvalue weighted by atomic mass is 127. The lowest BCUT2D eigenvalue weighted by Gasteiger charge is -2.24. The van der Waals surface area contributed by atoms with E-state index in [0.717, 1.165) is 0 Å². The van der Waals surface area contributed by atoms with Gasteiger partial charge in [0.05, 0.1) is 0 Å². The molecule has 0 aromatic rings. The number of nitrogens with zero attached hydrogens (tertiary/aromatic N) is 2. The minimum absolute atomic E-state index is 0. The van der Waals surface area contributed by atoms with Gasteiger partial charge in [-0.15, -0.1) is 24.0 Å². The van der Waals surface area contributed by atoms with Crippen molar-refractivity contribution in [2.75, 3.05) is 34.2 Å². The van der Waals surface area contributed by atoms with E-state index in [-0.39, 0.29) is 30.1 Å². The molecule has 1 amide bonds. The number of rotatable bonds is 3. The van der Waals surface area contributed by atoms with E-state index in [2.05, 4.69) is 15.6 Å². The Morgan fingerprint density at radius 3 is 2.33 bits per heavy atom. The Morgan fingerprint density at radius 1 is 1.39 bits per heavy atom. The van der Waals surface area contributed by atoms with Crippen LogP contribution in [0.2, 0.25) is 0 Å². The van der Waals surface area contributed by atoms with Crippen molar-refractivity contribution in [3.8, 4) is 0 Å². The lowest BCUT2D eigenvalue weighted by atomic mass is 10.2. The molecule has 0 saturated carbocycles. The molecule has 0 rings (SSSR count). The van der Waals surface area contributed by atoms with Gasteiger partial charge in [-0.25, -0.2) is 4.79 Å². The first-order valence-electron chi connectivity index (χ1n) is 5.62. The highest BCUT2D eigenvalue weighted by Gasteiger charge is 2.19. The molecule has 0 aliphatic carbocycles. The van der Waals surface area contributed by atoms with Crippen LogP contribution in [0.25, 0.3) is 0 Å². The minimum Gasteiger partial charge on any atom is -0.444 e. The lowest BCUT2D eigenvalue weighted by Crippen LogP contribution is -2.42. The van der Waals surface area contributed by atoms with E-state index in [4.69, 9.17) is 4.74 Å². The summed E-state index contributed by atoms with van der Waals surface area (Å²) in [6.45, 7) is 6.71. The number of halogens is 1. The molecule has 0 saturated heterocycles. The number of carbonyl (C=O) groups is 1. The SMILES string of the molecule is CN=C(NC)NCCN(C)C(=O)OC(C)(C)C.I. The number of hydrogen-bond acceptors (Lipinski definition) is 3. The van der Waals surface area contributed by atoms with Crippen LogP contribution < -0.4 is 10.6 Å². The van der Waals surface area contributed by atoms with Gasteiger partial charge in [-0.2, -0.15) is 0 Å². The van der Waals surface area contributed by atoms with Crippen molar-refractivity contribution in [2.45, 2.75) is 26.4 Å². The van der Waals surface area contributed by atoms with Crippen LogP contribution in [-0.4, -0.2) is 56.8 Å². The van der Waals surface area contributed by atoms with Gasteiger partial charge in [-0.3, -0.25) is 4.99 Å². The summed E-state index contributed by atoms with van der Waals surface area (Å²) in [5.41, 5.74) is -0.459. The van der Waals surface area contributed by atoms with Gasteiger partial charge in [0.2, 0.25) is 0 Å². The number of hydrogen-bond donors (Lipinski definition) is 2. The molecule has 0 unspecified atom stereocenters. The molecular weight excluding hydrogens is 347 g/mol. The second-order valence-corrected chi connectivity index (χ2v) is 4.65. The molecule has 0 fully saturated rings. The van der Waals surface area contributed by atoms with E-state index in [1.807, 2.05) is 20.8 Å². The molecule has 108 valence electrons. The number of amides is 1. The fourth-order valence-electron chi connectivity index (χ4n) is 1.05. The number of nitrogens with one attached hydrogen (secondary N) is 2. The van der Waals surface area contributed by atoms with Gasteiger partial charge in [0.25, 0.3) is 0 Å². The highest BCUT2D eigenvalue weighted by molar-refractivity contribution is 14.0. The topological polar surface area (TPSA) is 66.0 Å². The van der Waals surface area contributed by atoms with Crippen LogP contribution in [0.5, 0.6) is 0 Å². The van der Waals surface area contributed by atoms with Crippen LogP contribution >= 0.6 is 24.0 Å². The van der Waals surface area contributed by atoms with Crippen molar-refractivity contribution >= 4 is 36.0 Å². The van der Waals surface area contributed by atoms with Crippen LogP contribution in [0.15, 0.2) is 4.99 Å². The van der Waals surface area contributed by atoms with Crippen molar-refractivity contribution < 1.29 is 9.53 Å². The van der Waals surface area contributed by atoms with Crippen LogP contribution in [0.3, 0.4) is 0 Å². The Hall–Kier alpha value is -0.730. The number of guanidine groups is 1. The molecule has 0 aromatic heterocycles. The second kappa shape index (κ2) is 9.23. The Morgan fingerprint density at radius 2 is 1.94 bits per heavy atom. The molecule has 0 radical (unpaired) electrons. The fraction of sp³-hybridized carbons (Fsp3) is 0.818. The molecule has 0 aliphatic rings. The molecule has 0 bridgehead atoms. The van der Waals surface area contributed by atoms with Gasteiger partial charge in [0.15, 0.2) is 5.96 Å². The first-order valence-corrected chi connectivity index (χ1v) is 5.62. The fourth-order valence-corrected chi connectivity index (χ4v) is 1.05. The number of carbonyl (C=O) groups excluding carboxylic acids is 1. The molecule has 0 spiro atoms. The van der Waals surface area contributed by atoms with Crippen LogP contribution in [0.4, 0.5) is 4.79 Å². The Labute approximate surface area is 127 Å². The second-order valence-electron chi connectivity index (χ2n) is 4.65. The maximum atomic E-state index is 11.6. The smallest absolute Gasteiger partial charge is 0.410 e. The van der Waals surface area contributed by atoms with E-state index >= 15 is 0 Å². The zero-order chi connectivity index (χ0) is 13.5. The van der Waals surface area contributed by atoms with Crippen molar-refractivity contribution in [3.63, 3.8) is 0 Å². The molecule has 18 heavy (non-hydrogen) atoms. The highest BCUT2D eigenvalue weighted by Crippen LogP contribution is 2.08. The molecular formula is C11H25IN4O2. The first kappa shape index (κ1) is 19.6. The van der Waals surface area contributed by atoms with Crippen molar-refractivity contribution in [3.05, 3.63) is 0 Å². The van der Waals surface area contributed by atoms with Gasteiger partial charge in [0.1, 0.15) is 5.60 Å². The summed E-state index contributed by atoms with van der Waals surface area (Å²) in [7, 11) is 5.18. The van der Waals surface area contributed by atoms with Crippen molar-refractivity contribution in [1.29, 1.82) is 0 Å².